The van der Waals surface area contributed by atoms with E-state index in [0.717, 1.165) is 0 Å². The molecule has 90 valence electrons. The number of alkyl halides is 2. The summed E-state index contributed by atoms with van der Waals surface area (Å²) in [6.45, 7) is -0.849. The van der Waals surface area contributed by atoms with Gasteiger partial charge in [0.15, 0.2) is 6.04 Å². The molecule has 0 unspecified atom stereocenters. The van der Waals surface area contributed by atoms with Gasteiger partial charge in [-0.1, -0.05) is 0 Å². The minimum atomic E-state index is -3.28. The molecule has 6 nitrogen and oxygen atoms in total. The minimum absolute atomic E-state index is 0.244. The lowest BCUT2D eigenvalue weighted by Crippen LogP contribution is -2.71. The maximum Gasteiger partial charge on any atom is 0.294 e. The highest BCUT2D eigenvalue weighted by atomic mass is 19.3. The van der Waals surface area contributed by atoms with Crippen molar-refractivity contribution < 1.29 is 23.2 Å². The third-order valence-electron chi connectivity index (χ3n) is 2.27. The lowest BCUT2D eigenvalue weighted by molar-refractivity contribution is -0.196. The summed E-state index contributed by atoms with van der Waals surface area (Å²) in [7, 11) is 0. The predicted molar refractivity (Wildman–Crippen MR) is 48.1 cm³/mol. The van der Waals surface area contributed by atoms with Crippen LogP contribution in [0.2, 0.25) is 0 Å². The number of halogens is 2. The van der Waals surface area contributed by atoms with Crippen LogP contribution in [0.3, 0.4) is 0 Å². The van der Waals surface area contributed by atoms with E-state index in [2.05, 4.69) is 0 Å². The minimum Gasteiger partial charge on any atom is -0.370 e. The number of carbonyl (C=O) groups is 3. The number of nitrogens with zero attached hydrogens (tertiary/aromatic N) is 1. The van der Waals surface area contributed by atoms with Gasteiger partial charge in [-0.05, 0) is 0 Å². The third-order valence-corrected chi connectivity index (χ3v) is 2.27. The molecule has 4 N–H and O–H groups in total. The maximum atomic E-state index is 12.9. The molecule has 16 heavy (non-hydrogen) atoms. The van der Waals surface area contributed by atoms with Gasteiger partial charge in [0, 0.05) is 12.8 Å². The summed E-state index contributed by atoms with van der Waals surface area (Å²) in [5.74, 6) is -5.98. The fourth-order valence-electron chi connectivity index (χ4n) is 1.49. The van der Waals surface area contributed by atoms with Crippen LogP contribution in [0.5, 0.6) is 0 Å². The number of primary amides is 2. The van der Waals surface area contributed by atoms with E-state index in [0.29, 0.717) is 4.90 Å². The zero-order chi connectivity index (χ0) is 12.5. The van der Waals surface area contributed by atoms with Crippen LogP contribution in [-0.4, -0.2) is 41.1 Å². The van der Waals surface area contributed by atoms with E-state index in [1.165, 1.54) is 0 Å². The monoisotopic (exact) mass is 235 g/mol. The maximum absolute atomic E-state index is 12.9. The molecule has 0 radical (unpaired) electrons. The SMILES string of the molecule is NC(=O)CCC(=O)N1CC(F)(F)[C@@H]1C(N)=O. The largest absolute Gasteiger partial charge is 0.370 e. The molecule has 1 aliphatic heterocycles. The van der Waals surface area contributed by atoms with Crippen molar-refractivity contribution in [3.8, 4) is 0 Å². The topological polar surface area (TPSA) is 106 Å². The van der Waals surface area contributed by atoms with Crippen LogP contribution in [0.25, 0.3) is 0 Å². The van der Waals surface area contributed by atoms with E-state index in [4.69, 9.17) is 11.5 Å². The summed E-state index contributed by atoms with van der Waals surface area (Å²) in [4.78, 5) is 33.1. The van der Waals surface area contributed by atoms with Gasteiger partial charge in [0.2, 0.25) is 17.7 Å². The van der Waals surface area contributed by atoms with Gasteiger partial charge in [0.25, 0.3) is 5.92 Å². The molecule has 1 aliphatic rings. The summed E-state index contributed by atoms with van der Waals surface area (Å²) in [6.07, 6.45) is -0.540. The Morgan fingerprint density at radius 1 is 1.25 bits per heavy atom. The molecule has 1 saturated heterocycles. The molecular weight excluding hydrogens is 224 g/mol. The molecule has 1 heterocycles. The average molecular weight is 235 g/mol. The van der Waals surface area contributed by atoms with Crippen LogP contribution in [0, 0.1) is 0 Å². The Hall–Kier alpha value is -1.73. The number of hydrogen-bond donors (Lipinski definition) is 2. The molecule has 3 amide bonds. The summed E-state index contributed by atoms with van der Waals surface area (Å²) in [5, 5.41) is 0. The van der Waals surface area contributed by atoms with Gasteiger partial charge >= 0.3 is 0 Å². The third kappa shape index (κ3) is 2.26. The van der Waals surface area contributed by atoms with Crippen molar-refractivity contribution in [3.05, 3.63) is 0 Å². The zero-order valence-corrected chi connectivity index (χ0v) is 8.28. The van der Waals surface area contributed by atoms with Gasteiger partial charge < -0.3 is 16.4 Å². The molecule has 1 atom stereocenters. The van der Waals surface area contributed by atoms with Crippen LogP contribution in [0.15, 0.2) is 0 Å². The van der Waals surface area contributed by atoms with Gasteiger partial charge in [0.1, 0.15) is 0 Å². The second kappa shape index (κ2) is 4.03. The smallest absolute Gasteiger partial charge is 0.294 e. The molecule has 8 heteroatoms. The highest BCUT2D eigenvalue weighted by Crippen LogP contribution is 2.35. The highest BCUT2D eigenvalue weighted by molar-refractivity contribution is 5.91. The van der Waals surface area contributed by atoms with E-state index < -0.39 is 36.2 Å². The quantitative estimate of drug-likeness (QED) is 0.624. The summed E-state index contributed by atoms with van der Waals surface area (Å²) < 4.78 is 25.8. The normalized spacial score (nSPS) is 22.4. The van der Waals surface area contributed by atoms with Crippen molar-refractivity contribution in [3.63, 3.8) is 0 Å². The molecule has 0 bridgehead atoms. The van der Waals surface area contributed by atoms with Gasteiger partial charge in [0.05, 0.1) is 6.54 Å². The first-order valence-corrected chi connectivity index (χ1v) is 4.50. The van der Waals surface area contributed by atoms with E-state index in [1.54, 1.807) is 0 Å². The second-order valence-corrected chi connectivity index (χ2v) is 3.55. The number of amides is 3. The molecule has 0 aliphatic carbocycles. The van der Waals surface area contributed by atoms with E-state index in [9.17, 15) is 23.2 Å². The van der Waals surface area contributed by atoms with Crippen LogP contribution in [-0.2, 0) is 14.4 Å². The Balaban J connectivity index is 2.59. The van der Waals surface area contributed by atoms with Crippen LogP contribution >= 0.6 is 0 Å². The van der Waals surface area contributed by atoms with Crippen LogP contribution < -0.4 is 11.5 Å². The van der Waals surface area contributed by atoms with Gasteiger partial charge in [-0.3, -0.25) is 14.4 Å². The Labute approximate surface area is 89.5 Å². The predicted octanol–water partition coefficient (Wildman–Crippen LogP) is -1.42. The number of carbonyl (C=O) groups excluding carboxylic acids is 3. The highest BCUT2D eigenvalue weighted by Gasteiger charge is 2.59. The van der Waals surface area contributed by atoms with Crippen molar-refractivity contribution in [2.24, 2.45) is 11.5 Å². The summed E-state index contributed by atoms with van der Waals surface area (Å²) in [6, 6.07) is -1.91. The first-order valence-electron chi connectivity index (χ1n) is 4.50. The fourth-order valence-corrected chi connectivity index (χ4v) is 1.49. The average Bonchev–Trinajstić information content (AvgIpc) is 2.09. The van der Waals surface area contributed by atoms with Crippen LogP contribution in [0.1, 0.15) is 12.8 Å². The number of rotatable bonds is 4. The van der Waals surface area contributed by atoms with Crippen molar-refractivity contribution in [2.45, 2.75) is 24.8 Å². The van der Waals surface area contributed by atoms with E-state index in [1.807, 2.05) is 0 Å². The molecule has 0 saturated carbocycles. The van der Waals surface area contributed by atoms with Gasteiger partial charge in [-0.15, -0.1) is 0 Å². The molecule has 1 fully saturated rings. The van der Waals surface area contributed by atoms with E-state index >= 15 is 0 Å². The molecule has 0 aromatic heterocycles. The lowest BCUT2D eigenvalue weighted by Gasteiger charge is -2.45. The van der Waals surface area contributed by atoms with Crippen molar-refractivity contribution in [2.75, 3.05) is 6.54 Å². The fraction of sp³-hybridized carbons (Fsp3) is 0.625. The number of hydrogen-bond acceptors (Lipinski definition) is 3. The first-order chi connectivity index (χ1) is 7.25. The lowest BCUT2D eigenvalue weighted by atomic mass is 9.96. The molecular formula is C8H11F2N3O3. The second-order valence-electron chi connectivity index (χ2n) is 3.55. The standard InChI is InChI=1S/C8H11F2N3O3/c9-8(10)3-13(6(8)7(12)16)5(15)2-1-4(11)14/h6H,1-3H2,(H2,11,14)(H2,12,16)/t6-/m0/s1. The Morgan fingerprint density at radius 2 is 1.81 bits per heavy atom. The number of likely N-dealkylation sites (tertiary alicyclic amines) is 1. The van der Waals surface area contributed by atoms with Gasteiger partial charge in [-0.25, -0.2) is 8.78 Å². The Morgan fingerprint density at radius 3 is 2.19 bits per heavy atom. The zero-order valence-electron chi connectivity index (χ0n) is 8.28. The Kier molecular flexibility index (Phi) is 3.11. The van der Waals surface area contributed by atoms with Crippen molar-refractivity contribution in [1.82, 2.24) is 4.90 Å². The van der Waals surface area contributed by atoms with Gasteiger partial charge in [-0.2, -0.15) is 0 Å². The molecule has 1 rings (SSSR count). The summed E-state index contributed by atoms with van der Waals surface area (Å²) in [5.41, 5.74) is 9.55. The summed E-state index contributed by atoms with van der Waals surface area (Å²) >= 11 is 0. The molecule has 0 spiro atoms. The molecule has 0 aromatic rings. The van der Waals surface area contributed by atoms with Crippen molar-refractivity contribution in [1.29, 1.82) is 0 Å². The van der Waals surface area contributed by atoms with E-state index in [-0.39, 0.29) is 12.8 Å². The molecule has 0 aromatic carbocycles. The Bertz CT molecular complexity index is 345. The van der Waals surface area contributed by atoms with Crippen molar-refractivity contribution >= 4 is 17.7 Å². The van der Waals surface area contributed by atoms with Crippen LogP contribution in [0.4, 0.5) is 8.78 Å². The first kappa shape index (κ1) is 12.3. The number of nitrogens with two attached hydrogens (primary N) is 2.